The van der Waals surface area contributed by atoms with E-state index < -0.39 is 29.2 Å². The third-order valence-electron chi connectivity index (χ3n) is 4.61. The largest absolute Gasteiger partial charge is 0.370 e. The zero-order valence-electron chi connectivity index (χ0n) is 17.6. The second-order valence-electron chi connectivity index (χ2n) is 8.13. The fourth-order valence-electron chi connectivity index (χ4n) is 3.06. The van der Waals surface area contributed by atoms with Crippen molar-refractivity contribution in [1.29, 1.82) is 5.26 Å². The van der Waals surface area contributed by atoms with Crippen molar-refractivity contribution in [3.8, 4) is 6.07 Å². The average molecular weight is 412 g/mol. The minimum atomic E-state index is -0.833. The molecule has 0 fully saturated rings. The summed E-state index contributed by atoms with van der Waals surface area (Å²) in [5, 5.41) is 19.3. The number of nitriles is 1. The minimum Gasteiger partial charge on any atom is -0.370 e. The molecule has 0 spiro atoms. The van der Waals surface area contributed by atoms with Crippen LogP contribution in [0.1, 0.15) is 50.5 Å². The fourth-order valence-corrected chi connectivity index (χ4v) is 3.06. The van der Waals surface area contributed by atoms with Crippen molar-refractivity contribution < 1.29 is 14.4 Å². The van der Waals surface area contributed by atoms with E-state index in [-0.39, 0.29) is 18.7 Å². The highest BCUT2D eigenvalue weighted by Gasteiger charge is 2.34. The van der Waals surface area contributed by atoms with E-state index in [4.69, 9.17) is 11.0 Å². The van der Waals surface area contributed by atoms with Gasteiger partial charge in [0.05, 0.1) is 11.6 Å². The minimum absolute atomic E-state index is 0.0221. The molecule has 160 valence electrons. The molecular formula is C21H28N6O3. The normalized spacial score (nSPS) is 12.2. The van der Waals surface area contributed by atoms with Crippen LogP contribution < -0.4 is 16.4 Å². The third-order valence-corrected chi connectivity index (χ3v) is 4.61. The first-order valence-electron chi connectivity index (χ1n) is 9.84. The van der Waals surface area contributed by atoms with E-state index in [0.29, 0.717) is 24.8 Å². The van der Waals surface area contributed by atoms with Crippen LogP contribution in [0.5, 0.6) is 0 Å². The van der Waals surface area contributed by atoms with Crippen LogP contribution in [0.2, 0.25) is 0 Å². The van der Waals surface area contributed by atoms with Gasteiger partial charge in [-0.05, 0) is 17.9 Å². The number of carbonyl (C=O) groups is 3. The Bertz CT molecular complexity index is 967. The fraction of sp³-hybridized carbons (Fsp3) is 0.476. The summed E-state index contributed by atoms with van der Waals surface area (Å²) in [6.07, 6.45) is 1.04. The summed E-state index contributed by atoms with van der Waals surface area (Å²) in [5.74, 6) is -1.37. The van der Waals surface area contributed by atoms with E-state index >= 15 is 0 Å². The van der Waals surface area contributed by atoms with Crippen LogP contribution >= 0.6 is 0 Å². The Labute approximate surface area is 175 Å². The topological polar surface area (TPSA) is 143 Å². The Morgan fingerprint density at radius 3 is 2.60 bits per heavy atom. The van der Waals surface area contributed by atoms with E-state index in [0.717, 1.165) is 5.52 Å². The summed E-state index contributed by atoms with van der Waals surface area (Å²) in [5.41, 5.74) is 5.55. The number of primary amides is 1. The third kappa shape index (κ3) is 5.80. The summed E-state index contributed by atoms with van der Waals surface area (Å²) in [6, 6.07) is 8.61. The maximum atomic E-state index is 13.1. The molecule has 4 N–H and O–H groups in total. The molecule has 1 aromatic heterocycles. The molecule has 1 aromatic carbocycles. The predicted octanol–water partition coefficient (Wildman–Crippen LogP) is 1.48. The zero-order valence-corrected chi connectivity index (χ0v) is 17.6. The molecule has 0 aliphatic heterocycles. The van der Waals surface area contributed by atoms with Crippen LogP contribution in [0, 0.1) is 16.7 Å². The van der Waals surface area contributed by atoms with Gasteiger partial charge in [-0.1, -0.05) is 39.0 Å². The number of aromatic nitrogens is 2. The second kappa shape index (κ2) is 9.87. The molecule has 9 nitrogen and oxygen atoms in total. The smallest absolute Gasteiger partial charge is 0.273 e. The van der Waals surface area contributed by atoms with E-state index in [2.05, 4.69) is 21.8 Å². The van der Waals surface area contributed by atoms with Gasteiger partial charge in [-0.3, -0.25) is 19.1 Å². The molecule has 3 amide bonds. The molecule has 0 aliphatic carbocycles. The monoisotopic (exact) mass is 412 g/mol. The first-order valence-corrected chi connectivity index (χ1v) is 9.84. The Hall–Kier alpha value is -3.41. The molecule has 0 saturated heterocycles. The molecule has 2 aromatic rings. The highest BCUT2D eigenvalue weighted by Crippen LogP contribution is 2.22. The van der Waals surface area contributed by atoms with Crippen molar-refractivity contribution in [2.45, 2.75) is 52.6 Å². The SMILES string of the molecule is CC(C)(C)C(NC(=O)c1nn(CCCC#N)c2ccccc12)C(=O)NCCC(N)=O. The number of fused-ring (bicyclic) bond motifs is 1. The van der Waals surface area contributed by atoms with Crippen LogP contribution in [-0.2, 0) is 16.1 Å². The van der Waals surface area contributed by atoms with Gasteiger partial charge in [0.1, 0.15) is 6.04 Å². The average Bonchev–Trinajstić information content (AvgIpc) is 3.04. The van der Waals surface area contributed by atoms with Gasteiger partial charge in [0, 0.05) is 31.3 Å². The van der Waals surface area contributed by atoms with Crippen molar-refractivity contribution in [3.05, 3.63) is 30.0 Å². The Kier molecular flexibility index (Phi) is 7.53. The van der Waals surface area contributed by atoms with Gasteiger partial charge >= 0.3 is 0 Å². The summed E-state index contributed by atoms with van der Waals surface area (Å²) in [4.78, 5) is 36.6. The molecule has 1 unspecified atom stereocenters. The molecule has 1 atom stereocenters. The Morgan fingerprint density at radius 2 is 1.97 bits per heavy atom. The van der Waals surface area contributed by atoms with Crippen molar-refractivity contribution >= 4 is 28.6 Å². The number of hydrogen-bond acceptors (Lipinski definition) is 5. The Morgan fingerprint density at radius 1 is 1.27 bits per heavy atom. The lowest BCUT2D eigenvalue weighted by Crippen LogP contribution is -2.54. The van der Waals surface area contributed by atoms with Crippen molar-refractivity contribution in [2.75, 3.05) is 6.54 Å². The number of nitrogens with one attached hydrogen (secondary N) is 2. The number of nitrogens with zero attached hydrogens (tertiary/aromatic N) is 3. The van der Waals surface area contributed by atoms with Gasteiger partial charge in [-0.15, -0.1) is 0 Å². The Balaban J connectivity index is 2.25. The van der Waals surface area contributed by atoms with E-state index in [1.165, 1.54) is 0 Å². The van der Waals surface area contributed by atoms with Gasteiger partial charge < -0.3 is 16.4 Å². The van der Waals surface area contributed by atoms with Crippen molar-refractivity contribution in [2.24, 2.45) is 11.1 Å². The van der Waals surface area contributed by atoms with Crippen LogP contribution in [-0.4, -0.2) is 40.1 Å². The molecule has 2 rings (SSSR count). The maximum absolute atomic E-state index is 13.1. The first-order chi connectivity index (χ1) is 14.1. The maximum Gasteiger partial charge on any atom is 0.273 e. The molecule has 0 saturated carbocycles. The molecular weight excluding hydrogens is 384 g/mol. The van der Waals surface area contributed by atoms with Crippen LogP contribution in [0.15, 0.2) is 24.3 Å². The lowest BCUT2D eigenvalue weighted by atomic mass is 9.86. The van der Waals surface area contributed by atoms with Crippen LogP contribution in [0.3, 0.4) is 0 Å². The highest BCUT2D eigenvalue weighted by molar-refractivity contribution is 6.06. The number of para-hydroxylation sites is 1. The highest BCUT2D eigenvalue weighted by atomic mass is 16.2. The molecule has 0 bridgehead atoms. The molecule has 9 heteroatoms. The molecule has 1 heterocycles. The van der Waals surface area contributed by atoms with Gasteiger partial charge in [-0.2, -0.15) is 10.4 Å². The number of unbranched alkanes of at least 4 members (excludes halogenated alkanes) is 1. The summed E-state index contributed by atoms with van der Waals surface area (Å²) in [7, 11) is 0. The second-order valence-corrected chi connectivity index (χ2v) is 8.13. The summed E-state index contributed by atoms with van der Waals surface area (Å²) in [6.45, 7) is 6.13. The van der Waals surface area contributed by atoms with E-state index in [1.54, 1.807) is 10.7 Å². The lowest BCUT2D eigenvalue weighted by molar-refractivity contribution is -0.125. The number of carbonyl (C=O) groups excluding carboxylic acids is 3. The molecule has 0 radical (unpaired) electrons. The van der Waals surface area contributed by atoms with E-state index in [9.17, 15) is 14.4 Å². The number of rotatable bonds is 9. The van der Waals surface area contributed by atoms with Crippen molar-refractivity contribution in [3.63, 3.8) is 0 Å². The molecule has 30 heavy (non-hydrogen) atoms. The first kappa shape index (κ1) is 22.9. The number of benzene rings is 1. The summed E-state index contributed by atoms with van der Waals surface area (Å²) >= 11 is 0. The number of hydrogen-bond donors (Lipinski definition) is 3. The predicted molar refractivity (Wildman–Crippen MR) is 112 cm³/mol. The van der Waals surface area contributed by atoms with Crippen LogP contribution in [0.4, 0.5) is 0 Å². The van der Waals surface area contributed by atoms with Crippen molar-refractivity contribution in [1.82, 2.24) is 20.4 Å². The number of amides is 3. The number of aryl methyl sites for hydroxylation is 1. The van der Waals surface area contributed by atoms with Gasteiger partial charge in [-0.25, -0.2) is 0 Å². The number of nitrogens with two attached hydrogens (primary N) is 1. The lowest BCUT2D eigenvalue weighted by Gasteiger charge is -2.30. The van der Waals surface area contributed by atoms with Gasteiger partial charge in [0.2, 0.25) is 11.8 Å². The zero-order chi connectivity index (χ0) is 22.3. The quantitative estimate of drug-likeness (QED) is 0.535. The van der Waals surface area contributed by atoms with Crippen LogP contribution in [0.25, 0.3) is 10.9 Å². The molecule has 0 aliphatic rings. The van der Waals surface area contributed by atoms with Gasteiger partial charge in [0.15, 0.2) is 5.69 Å². The standard InChI is InChI=1S/C21H28N6O3/c1-21(2,3)18(20(30)24-12-10-16(23)28)25-19(29)17-14-8-4-5-9-15(14)27(26-17)13-7-6-11-22/h4-5,8-9,18H,6-7,10,12-13H2,1-3H3,(H2,23,28)(H,24,30)(H,25,29). The van der Waals surface area contributed by atoms with Gasteiger partial charge in [0.25, 0.3) is 5.91 Å². The summed E-state index contributed by atoms with van der Waals surface area (Å²) < 4.78 is 1.71. The van der Waals surface area contributed by atoms with E-state index in [1.807, 2.05) is 39.0 Å².